The first-order valence-corrected chi connectivity index (χ1v) is 7.84. The van der Waals surface area contributed by atoms with E-state index in [0.29, 0.717) is 17.1 Å². The molecule has 3 heteroatoms. The van der Waals surface area contributed by atoms with Gasteiger partial charge in [0.2, 0.25) is 0 Å². The largest absolute Gasteiger partial charge is 0.507 e. The molecule has 0 unspecified atom stereocenters. The van der Waals surface area contributed by atoms with Crippen molar-refractivity contribution >= 4 is 5.78 Å². The Kier molecular flexibility index (Phi) is 4.42. The van der Waals surface area contributed by atoms with Gasteiger partial charge in [-0.2, -0.15) is 0 Å². The van der Waals surface area contributed by atoms with Crippen LogP contribution >= 0.6 is 0 Å². The second kappa shape index (κ2) is 6.65. The van der Waals surface area contributed by atoms with Crippen LogP contribution in [0.25, 0.3) is 0 Å². The molecule has 0 radical (unpaired) electrons. The van der Waals surface area contributed by atoms with Crippen LogP contribution < -0.4 is 4.74 Å². The van der Waals surface area contributed by atoms with Gasteiger partial charge in [-0.25, -0.2) is 0 Å². The molecular weight excluding hydrogens is 276 g/mol. The molecule has 0 heterocycles. The number of hydrogen-bond donors (Lipinski definition) is 1. The molecule has 1 saturated carbocycles. The Hall–Kier alpha value is -2.29. The van der Waals surface area contributed by atoms with Crippen molar-refractivity contribution in [3.63, 3.8) is 0 Å². The van der Waals surface area contributed by atoms with E-state index in [1.165, 1.54) is 12.5 Å². The van der Waals surface area contributed by atoms with Crippen LogP contribution in [-0.2, 0) is 0 Å². The predicted octanol–water partition coefficient (Wildman–Crippen LogP) is 4.95. The number of benzene rings is 2. The summed E-state index contributed by atoms with van der Waals surface area (Å²) in [5, 5.41) is 10.0. The van der Waals surface area contributed by atoms with Crippen molar-refractivity contribution in [2.45, 2.75) is 32.1 Å². The fourth-order valence-corrected chi connectivity index (χ4v) is 2.99. The van der Waals surface area contributed by atoms with E-state index in [1.807, 2.05) is 30.3 Å². The van der Waals surface area contributed by atoms with Crippen LogP contribution in [0.15, 0.2) is 48.5 Å². The van der Waals surface area contributed by atoms with Gasteiger partial charge < -0.3 is 9.84 Å². The van der Waals surface area contributed by atoms with E-state index in [-0.39, 0.29) is 17.5 Å². The number of carbonyl (C=O) groups excluding carboxylic acids is 1. The topological polar surface area (TPSA) is 46.5 Å². The zero-order chi connectivity index (χ0) is 15.4. The third-order valence-electron chi connectivity index (χ3n) is 4.19. The van der Waals surface area contributed by atoms with Crippen molar-refractivity contribution in [3.8, 4) is 17.2 Å². The number of hydrogen-bond acceptors (Lipinski definition) is 3. The van der Waals surface area contributed by atoms with Gasteiger partial charge in [-0.15, -0.1) is 0 Å². The number of para-hydroxylation sites is 1. The Morgan fingerprint density at radius 1 is 0.955 bits per heavy atom. The van der Waals surface area contributed by atoms with E-state index in [2.05, 4.69) is 0 Å². The maximum atomic E-state index is 12.6. The first-order valence-electron chi connectivity index (χ1n) is 7.84. The minimum atomic E-state index is 0.0339. The highest BCUT2D eigenvalue weighted by Crippen LogP contribution is 2.32. The van der Waals surface area contributed by atoms with Gasteiger partial charge in [-0.05, 0) is 43.2 Å². The summed E-state index contributed by atoms with van der Waals surface area (Å²) in [6.45, 7) is 0. The summed E-state index contributed by atoms with van der Waals surface area (Å²) in [7, 11) is 0. The monoisotopic (exact) mass is 296 g/mol. The molecule has 114 valence electrons. The SMILES string of the molecule is O=C(c1cc(Oc2ccccc2)ccc1O)C1CCCCC1. The van der Waals surface area contributed by atoms with Crippen LogP contribution in [0.5, 0.6) is 17.2 Å². The fraction of sp³-hybridized carbons (Fsp3) is 0.316. The zero-order valence-electron chi connectivity index (χ0n) is 12.5. The second-order valence-electron chi connectivity index (χ2n) is 5.79. The first-order chi connectivity index (χ1) is 10.7. The molecule has 1 fully saturated rings. The Bertz CT molecular complexity index is 643. The molecular formula is C19H20O3. The summed E-state index contributed by atoms with van der Waals surface area (Å²) >= 11 is 0. The van der Waals surface area contributed by atoms with E-state index in [9.17, 15) is 9.90 Å². The molecule has 22 heavy (non-hydrogen) atoms. The normalized spacial score (nSPS) is 15.5. The van der Waals surface area contributed by atoms with E-state index in [1.54, 1.807) is 12.1 Å². The van der Waals surface area contributed by atoms with Crippen molar-refractivity contribution < 1.29 is 14.6 Å². The molecule has 0 bridgehead atoms. The Balaban J connectivity index is 1.81. The lowest BCUT2D eigenvalue weighted by Gasteiger charge is -2.21. The Morgan fingerprint density at radius 3 is 2.41 bits per heavy atom. The maximum absolute atomic E-state index is 12.6. The van der Waals surface area contributed by atoms with Crippen LogP contribution in [0.4, 0.5) is 0 Å². The summed E-state index contributed by atoms with van der Waals surface area (Å²) in [6.07, 6.45) is 5.23. The van der Waals surface area contributed by atoms with E-state index >= 15 is 0 Å². The molecule has 3 nitrogen and oxygen atoms in total. The van der Waals surface area contributed by atoms with Crippen LogP contribution in [0.3, 0.4) is 0 Å². The lowest BCUT2D eigenvalue weighted by molar-refractivity contribution is 0.0886. The molecule has 0 spiro atoms. The maximum Gasteiger partial charge on any atom is 0.169 e. The van der Waals surface area contributed by atoms with Crippen LogP contribution in [0.2, 0.25) is 0 Å². The fourth-order valence-electron chi connectivity index (χ4n) is 2.99. The Labute approximate surface area is 130 Å². The molecule has 1 N–H and O–H groups in total. The van der Waals surface area contributed by atoms with Gasteiger partial charge in [-0.1, -0.05) is 37.5 Å². The molecule has 0 saturated heterocycles. The average Bonchev–Trinajstić information content (AvgIpc) is 2.58. The van der Waals surface area contributed by atoms with Gasteiger partial charge in [0, 0.05) is 5.92 Å². The van der Waals surface area contributed by atoms with Crippen molar-refractivity contribution in [1.82, 2.24) is 0 Å². The van der Waals surface area contributed by atoms with Crippen molar-refractivity contribution in [3.05, 3.63) is 54.1 Å². The number of Topliss-reactive ketones (excluding diaryl/α,β-unsaturated/α-hetero) is 1. The molecule has 0 atom stereocenters. The lowest BCUT2D eigenvalue weighted by atomic mass is 9.83. The summed E-state index contributed by atoms with van der Waals surface area (Å²) in [6, 6.07) is 14.3. The number of rotatable bonds is 4. The number of ketones is 1. The number of aromatic hydroxyl groups is 1. The predicted molar refractivity (Wildman–Crippen MR) is 85.5 cm³/mol. The number of phenols is 1. The molecule has 0 aliphatic heterocycles. The summed E-state index contributed by atoms with van der Waals surface area (Å²) in [5.41, 5.74) is 0.375. The van der Waals surface area contributed by atoms with Gasteiger partial charge in [0.15, 0.2) is 5.78 Å². The van der Waals surface area contributed by atoms with Gasteiger partial charge in [0.05, 0.1) is 5.56 Å². The zero-order valence-corrected chi connectivity index (χ0v) is 12.5. The van der Waals surface area contributed by atoms with Crippen LogP contribution in [0, 0.1) is 5.92 Å². The highest BCUT2D eigenvalue weighted by atomic mass is 16.5. The van der Waals surface area contributed by atoms with Gasteiger partial charge in [0.1, 0.15) is 17.2 Å². The Morgan fingerprint density at radius 2 is 1.68 bits per heavy atom. The molecule has 1 aliphatic rings. The standard InChI is InChI=1S/C19H20O3/c20-18-12-11-16(22-15-9-5-2-6-10-15)13-17(18)19(21)14-7-3-1-4-8-14/h2,5-6,9-14,20H,1,3-4,7-8H2. The molecule has 0 aromatic heterocycles. The molecule has 1 aliphatic carbocycles. The van der Waals surface area contributed by atoms with Crippen LogP contribution in [-0.4, -0.2) is 10.9 Å². The van der Waals surface area contributed by atoms with Crippen molar-refractivity contribution in [2.75, 3.05) is 0 Å². The molecule has 2 aromatic rings. The minimum absolute atomic E-state index is 0.0339. The third-order valence-corrected chi connectivity index (χ3v) is 4.19. The molecule has 2 aromatic carbocycles. The number of phenolic OH excluding ortho intramolecular Hbond substituents is 1. The quantitative estimate of drug-likeness (QED) is 0.812. The highest BCUT2D eigenvalue weighted by Gasteiger charge is 2.24. The average molecular weight is 296 g/mol. The lowest BCUT2D eigenvalue weighted by Crippen LogP contribution is -2.18. The highest BCUT2D eigenvalue weighted by molar-refractivity contribution is 6.00. The van der Waals surface area contributed by atoms with Gasteiger partial charge in [0.25, 0.3) is 0 Å². The first kappa shape index (κ1) is 14.6. The smallest absolute Gasteiger partial charge is 0.169 e. The van der Waals surface area contributed by atoms with E-state index < -0.39 is 0 Å². The second-order valence-corrected chi connectivity index (χ2v) is 5.79. The van der Waals surface area contributed by atoms with Crippen molar-refractivity contribution in [2.24, 2.45) is 5.92 Å². The third kappa shape index (κ3) is 3.30. The van der Waals surface area contributed by atoms with Crippen LogP contribution in [0.1, 0.15) is 42.5 Å². The molecule has 3 rings (SSSR count). The summed E-state index contributed by atoms with van der Waals surface area (Å²) in [5.74, 6) is 1.39. The van der Waals surface area contributed by atoms with E-state index in [4.69, 9.17) is 4.74 Å². The molecule has 0 amide bonds. The number of ether oxygens (including phenoxy) is 1. The minimum Gasteiger partial charge on any atom is -0.507 e. The summed E-state index contributed by atoms with van der Waals surface area (Å²) < 4.78 is 5.75. The van der Waals surface area contributed by atoms with Gasteiger partial charge in [-0.3, -0.25) is 4.79 Å². The van der Waals surface area contributed by atoms with E-state index in [0.717, 1.165) is 25.7 Å². The van der Waals surface area contributed by atoms with Crippen molar-refractivity contribution in [1.29, 1.82) is 0 Å². The van der Waals surface area contributed by atoms with Gasteiger partial charge >= 0.3 is 0 Å². The summed E-state index contributed by atoms with van der Waals surface area (Å²) in [4.78, 5) is 12.6. The number of carbonyl (C=O) groups is 1.